The molecular formula is C9H8F4O9S3. The van der Waals surface area contributed by atoms with Crippen LogP contribution in [0.5, 0.6) is 0 Å². The van der Waals surface area contributed by atoms with E-state index in [1.165, 1.54) is 0 Å². The van der Waals surface area contributed by atoms with Gasteiger partial charge in [-0.2, -0.15) is 34.0 Å². The van der Waals surface area contributed by atoms with Gasteiger partial charge in [-0.15, -0.1) is 0 Å². The molecule has 0 heterocycles. The van der Waals surface area contributed by atoms with E-state index in [-0.39, 0.29) is 12.1 Å². The molecule has 1 rings (SSSR count). The number of benzene rings is 1. The largest absolute Gasteiger partial charge is 0.311 e. The van der Waals surface area contributed by atoms with Crippen LogP contribution in [0.25, 0.3) is 0 Å². The fourth-order valence-electron chi connectivity index (χ4n) is 1.69. The molecule has 0 bridgehead atoms. The minimum absolute atomic E-state index is 0.129. The van der Waals surface area contributed by atoms with Crippen molar-refractivity contribution in [3.05, 3.63) is 17.7 Å². The van der Waals surface area contributed by atoms with Crippen LogP contribution in [-0.2, 0) is 36.8 Å². The minimum atomic E-state index is -5.63. The van der Waals surface area contributed by atoms with E-state index in [1.807, 2.05) is 0 Å². The van der Waals surface area contributed by atoms with Crippen LogP contribution < -0.4 is 0 Å². The van der Waals surface area contributed by atoms with Crippen molar-refractivity contribution in [2.75, 3.05) is 0 Å². The molecule has 0 aliphatic rings. The molecule has 25 heavy (non-hydrogen) atoms. The minimum Gasteiger partial charge on any atom is -0.282 e. The summed E-state index contributed by atoms with van der Waals surface area (Å²) in [5.74, 6) is -5.00. The smallest absolute Gasteiger partial charge is 0.282 e. The molecule has 0 amide bonds. The summed E-state index contributed by atoms with van der Waals surface area (Å²) in [6.45, 7) is 0. The fraction of sp³-hybridized carbons (Fsp3) is 0.333. The summed E-state index contributed by atoms with van der Waals surface area (Å²) in [7, 11) is -16.6. The second kappa shape index (κ2) is 6.44. The SMILES string of the molecule is O=S(=O)(O)c1cc(S(=O)(=O)O)c(CC(F)(F)C(F)F)c(S(=O)(=O)O)c1. The Labute approximate surface area is 138 Å². The summed E-state index contributed by atoms with van der Waals surface area (Å²) < 4.78 is 145. The molecule has 0 unspecified atom stereocenters. The fourth-order valence-corrected chi connectivity index (χ4v) is 3.98. The molecule has 1 aromatic rings. The van der Waals surface area contributed by atoms with Crippen molar-refractivity contribution in [2.24, 2.45) is 0 Å². The summed E-state index contributed by atoms with van der Waals surface area (Å²) in [5, 5.41) is 0. The zero-order chi connectivity index (χ0) is 20.0. The zero-order valence-electron chi connectivity index (χ0n) is 11.5. The number of halogens is 4. The van der Waals surface area contributed by atoms with Crippen LogP contribution in [0.2, 0.25) is 0 Å². The molecule has 9 nitrogen and oxygen atoms in total. The molecule has 3 N–H and O–H groups in total. The van der Waals surface area contributed by atoms with Gasteiger partial charge >= 0.3 is 12.3 Å². The number of hydrogen-bond acceptors (Lipinski definition) is 6. The quantitative estimate of drug-likeness (QED) is 0.437. The maximum Gasteiger partial charge on any atom is 0.311 e. The van der Waals surface area contributed by atoms with E-state index in [1.54, 1.807) is 0 Å². The first-order valence-corrected chi connectivity index (χ1v) is 9.95. The monoisotopic (exact) mass is 432 g/mol. The maximum atomic E-state index is 13.2. The first kappa shape index (κ1) is 21.7. The van der Waals surface area contributed by atoms with E-state index < -0.39 is 69.4 Å². The summed E-state index contributed by atoms with van der Waals surface area (Å²) >= 11 is 0. The van der Waals surface area contributed by atoms with Crippen LogP contribution >= 0.6 is 0 Å². The molecule has 0 spiro atoms. The van der Waals surface area contributed by atoms with Gasteiger partial charge in [0.2, 0.25) is 0 Å². The van der Waals surface area contributed by atoms with Gasteiger partial charge in [0.05, 0.1) is 4.90 Å². The molecular weight excluding hydrogens is 424 g/mol. The Morgan fingerprint density at radius 3 is 1.44 bits per heavy atom. The topological polar surface area (TPSA) is 163 Å². The number of rotatable bonds is 6. The second-order valence-corrected chi connectivity index (χ2v) is 8.76. The number of hydrogen-bond donors (Lipinski definition) is 3. The lowest BCUT2D eigenvalue weighted by Crippen LogP contribution is -2.31. The average molecular weight is 432 g/mol. The Morgan fingerprint density at radius 1 is 0.840 bits per heavy atom. The normalized spacial score (nSPS) is 14.1. The Bertz CT molecular complexity index is 944. The van der Waals surface area contributed by atoms with Gasteiger partial charge in [0.15, 0.2) is 0 Å². The second-order valence-electron chi connectivity index (χ2n) is 4.56. The Kier molecular flexibility index (Phi) is 5.59. The van der Waals surface area contributed by atoms with Gasteiger partial charge in [-0.3, -0.25) is 13.7 Å². The molecule has 0 aromatic heterocycles. The first-order valence-electron chi connectivity index (χ1n) is 5.62. The molecule has 0 fully saturated rings. The third-order valence-electron chi connectivity index (χ3n) is 2.73. The molecule has 144 valence electrons. The lowest BCUT2D eigenvalue weighted by Gasteiger charge is -2.19. The predicted octanol–water partition coefficient (Wildman–Crippen LogP) is 0.870. The summed E-state index contributed by atoms with van der Waals surface area (Å²) in [6, 6.07) is -0.257. The van der Waals surface area contributed by atoms with Crippen molar-refractivity contribution in [3.63, 3.8) is 0 Å². The van der Waals surface area contributed by atoms with Crippen molar-refractivity contribution in [1.82, 2.24) is 0 Å². The van der Waals surface area contributed by atoms with Crippen molar-refractivity contribution >= 4 is 30.4 Å². The Morgan fingerprint density at radius 2 is 1.20 bits per heavy atom. The molecule has 16 heteroatoms. The summed E-state index contributed by atoms with van der Waals surface area (Å²) in [5.41, 5.74) is -1.69. The van der Waals surface area contributed by atoms with Crippen LogP contribution in [0, 0.1) is 0 Å². The predicted molar refractivity (Wildman–Crippen MR) is 70.5 cm³/mol. The molecule has 0 saturated heterocycles. The summed E-state index contributed by atoms with van der Waals surface area (Å²) in [6.07, 6.45) is -6.68. The van der Waals surface area contributed by atoms with Crippen LogP contribution in [0.3, 0.4) is 0 Å². The lowest BCUT2D eigenvalue weighted by molar-refractivity contribution is -0.127. The van der Waals surface area contributed by atoms with Crippen LogP contribution in [-0.4, -0.2) is 51.3 Å². The van der Waals surface area contributed by atoms with Crippen molar-refractivity contribution in [1.29, 1.82) is 0 Å². The van der Waals surface area contributed by atoms with E-state index >= 15 is 0 Å². The van der Waals surface area contributed by atoms with Gasteiger partial charge in [0.25, 0.3) is 30.4 Å². The van der Waals surface area contributed by atoms with E-state index in [9.17, 15) is 42.8 Å². The van der Waals surface area contributed by atoms with Gasteiger partial charge in [-0.05, 0) is 12.1 Å². The van der Waals surface area contributed by atoms with E-state index in [0.717, 1.165) is 0 Å². The molecule has 1 aromatic carbocycles. The highest BCUT2D eigenvalue weighted by Gasteiger charge is 2.44. The Hall–Kier alpha value is -1.33. The van der Waals surface area contributed by atoms with Crippen molar-refractivity contribution in [3.8, 4) is 0 Å². The van der Waals surface area contributed by atoms with Gasteiger partial charge in [-0.25, -0.2) is 8.78 Å². The number of alkyl halides is 4. The molecule has 0 aliphatic carbocycles. The van der Waals surface area contributed by atoms with E-state index in [4.69, 9.17) is 13.7 Å². The van der Waals surface area contributed by atoms with Crippen molar-refractivity contribution in [2.45, 2.75) is 33.5 Å². The van der Waals surface area contributed by atoms with E-state index in [0.29, 0.717) is 0 Å². The highest BCUT2D eigenvalue weighted by Crippen LogP contribution is 2.35. The maximum absolute atomic E-state index is 13.2. The standard InChI is InChI=1S/C9H8F4O9S3/c10-8(11)9(12,13)3-5-6(24(17,18)19)1-4(23(14,15)16)2-7(5)25(20,21)22/h1-2,8H,3H2,(H,14,15,16)(H,17,18,19)(H,20,21,22). The van der Waals surface area contributed by atoms with Gasteiger partial charge in [0, 0.05) is 12.0 Å². The Balaban J connectivity index is 4.03. The zero-order valence-corrected chi connectivity index (χ0v) is 13.9. The van der Waals surface area contributed by atoms with Crippen LogP contribution in [0.15, 0.2) is 26.8 Å². The highest BCUT2D eigenvalue weighted by molar-refractivity contribution is 7.87. The molecule has 0 saturated carbocycles. The summed E-state index contributed by atoms with van der Waals surface area (Å²) in [4.78, 5) is -5.16. The van der Waals surface area contributed by atoms with Gasteiger partial charge in [0.1, 0.15) is 9.79 Å². The average Bonchev–Trinajstić information content (AvgIpc) is 2.33. The van der Waals surface area contributed by atoms with Crippen molar-refractivity contribution < 1.29 is 56.5 Å². The van der Waals surface area contributed by atoms with E-state index in [2.05, 4.69) is 0 Å². The van der Waals surface area contributed by atoms with Crippen LogP contribution in [0.4, 0.5) is 17.6 Å². The molecule has 0 radical (unpaired) electrons. The highest BCUT2D eigenvalue weighted by atomic mass is 32.2. The van der Waals surface area contributed by atoms with Gasteiger partial charge < -0.3 is 0 Å². The van der Waals surface area contributed by atoms with Crippen LogP contribution in [0.1, 0.15) is 5.56 Å². The molecule has 0 atom stereocenters. The van der Waals surface area contributed by atoms with Gasteiger partial charge in [-0.1, -0.05) is 0 Å². The third kappa shape index (κ3) is 5.08. The third-order valence-corrected chi connectivity index (χ3v) is 5.40. The molecule has 0 aliphatic heterocycles. The lowest BCUT2D eigenvalue weighted by atomic mass is 10.1. The first-order chi connectivity index (χ1) is 10.9.